The van der Waals surface area contributed by atoms with Gasteiger partial charge in [-0.3, -0.25) is 0 Å². The van der Waals surface area contributed by atoms with Gasteiger partial charge < -0.3 is 9.47 Å². The molecule has 0 bridgehead atoms. The van der Waals surface area contributed by atoms with Crippen LogP contribution in [0.3, 0.4) is 0 Å². The van der Waals surface area contributed by atoms with Crippen molar-refractivity contribution >= 4 is 18.0 Å². The van der Waals surface area contributed by atoms with E-state index in [0.29, 0.717) is 5.69 Å². The predicted molar refractivity (Wildman–Crippen MR) is 56.6 cm³/mol. The van der Waals surface area contributed by atoms with Gasteiger partial charge in [-0.15, -0.1) is 0 Å². The Hall–Kier alpha value is -2.17. The van der Waals surface area contributed by atoms with Crippen LogP contribution in [-0.4, -0.2) is 31.1 Å². The lowest BCUT2D eigenvalue weighted by atomic mass is 10.3. The molecule has 5 nitrogen and oxygen atoms in total. The molecule has 0 spiro atoms. The molecule has 84 valence electrons. The van der Waals surface area contributed by atoms with Crippen LogP contribution in [0.25, 0.3) is 6.08 Å². The third kappa shape index (κ3) is 3.20. The summed E-state index contributed by atoms with van der Waals surface area (Å²) in [5.41, 5.74) is 0.669. The summed E-state index contributed by atoms with van der Waals surface area (Å²) in [4.78, 5) is 26.0. The van der Waals surface area contributed by atoms with Crippen molar-refractivity contribution in [2.45, 2.75) is 0 Å². The molecule has 0 aliphatic rings. The minimum absolute atomic E-state index is 0.189. The molecule has 0 fully saturated rings. The number of methoxy groups -OCH3 is 2. The number of esters is 2. The quantitative estimate of drug-likeness (QED) is 0.564. The van der Waals surface area contributed by atoms with E-state index in [1.807, 2.05) is 0 Å². The van der Waals surface area contributed by atoms with E-state index in [0.717, 1.165) is 0 Å². The second-order valence-electron chi connectivity index (χ2n) is 2.80. The maximum absolute atomic E-state index is 11.2. The topological polar surface area (TPSA) is 65.5 Å². The van der Waals surface area contributed by atoms with Gasteiger partial charge in [0.1, 0.15) is 5.69 Å². The Morgan fingerprint density at radius 3 is 2.62 bits per heavy atom. The SMILES string of the molecule is COC(=O)/C=C/c1cccc(C(=O)OC)n1. The molecule has 1 heterocycles. The fourth-order valence-corrected chi connectivity index (χ4v) is 0.984. The number of hydrogen-bond donors (Lipinski definition) is 0. The highest BCUT2D eigenvalue weighted by molar-refractivity contribution is 5.88. The van der Waals surface area contributed by atoms with Crippen molar-refractivity contribution in [1.29, 1.82) is 0 Å². The Labute approximate surface area is 92.7 Å². The molecule has 1 aromatic rings. The minimum atomic E-state index is -0.520. The summed E-state index contributed by atoms with van der Waals surface area (Å²) < 4.78 is 8.95. The summed E-state index contributed by atoms with van der Waals surface area (Å²) in [7, 11) is 2.56. The zero-order valence-electron chi connectivity index (χ0n) is 8.97. The van der Waals surface area contributed by atoms with E-state index in [4.69, 9.17) is 0 Å². The van der Waals surface area contributed by atoms with Crippen molar-refractivity contribution in [3.05, 3.63) is 35.7 Å². The molecule has 1 rings (SSSR count). The van der Waals surface area contributed by atoms with Gasteiger partial charge in [-0.2, -0.15) is 0 Å². The summed E-state index contributed by atoms with van der Waals surface area (Å²) >= 11 is 0. The van der Waals surface area contributed by atoms with Crippen molar-refractivity contribution in [2.24, 2.45) is 0 Å². The van der Waals surface area contributed by atoms with Gasteiger partial charge in [0.05, 0.1) is 19.9 Å². The van der Waals surface area contributed by atoms with Crippen LogP contribution in [0.1, 0.15) is 16.2 Å². The predicted octanol–water partition coefficient (Wildman–Crippen LogP) is 1.05. The first-order valence-corrected chi connectivity index (χ1v) is 4.48. The average molecular weight is 221 g/mol. The molecule has 0 aliphatic heterocycles. The lowest BCUT2D eigenvalue weighted by molar-refractivity contribution is -0.134. The van der Waals surface area contributed by atoms with E-state index in [1.54, 1.807) is 12.1 Å². The first-order valence-electron chi connectivity index (χ1n) is 4.48. The van der Waals surface area contributed by atoms with Crippen LogP contribution in [0.2, 0.25) is 0 Å². The van der Waals surface area contributed by atoms with Crippen LogP contribution in [0, 0.1) is 0 Å². The molecule has 1 aromatic heterocycles. The summed E-state index contributed by atoms with van der Waals surface area (Å²) in [6, 6.07) is 4.84. The summed E-state index contributed by atoms with van der Waals surface area (Å²) in [5, 5.41) is 0. The first kappa shape index (κ1) is 11.9. The van der Waals surface area contributed by atoms with E-state index in [9.17, 15) is 9.59 Å². The number of rotatable bonds is 3. The van der Waals surface area contributed by atoms with Crippen molar-refractivity contribution in [3.63, 3.8) is 0 Å². The van der Waals surface area contributed by atoms with Gasteiger partial charge in [0.15, 0.2) is 0 Å². The minimum Gasteiger partial charge on any atom is -0.466 e. The highest BCUT2D eigenvalue weighted by Crippen LogP contribution is 2.03. The Bertz CT molecular complexity index is 426. The molecule has 0 unspecified atom stereocenters. The number of carbonyl (C=O) groups excluding carboxylic acids is 2. The second kappa shape index (κ2) is 5.65. The molecule has 0 N–H and O–H groups in total. The second-order valence-corrected chi connectivity index (χ2v) is 2.80. The lowest BCUT2D eigenvalue weighted by Crippen LogP contribution is -2.04. The molecule has 0 aliphatic carbocycles. The standard InChI is InChI=1S/C11H11NO4/c1-15-10(13)7-6-8-4-3-5-9(12-8)11(14)16-2/h3-7H,1-2H3/b7-6+. The van der Waals surface area contributed by atoms with E-state index in [-0.39, 0.29) is 5.69 Å². The van der Waals surface area contributed by atoms with Gasteiger partial charge in [-0.05, 0) is 18.2 Å². The maximum Gasteiger partial charge on any atom is 0.356 e. The highest BCUT2D eigenvalue weighted by atomic mass is 16.5. The Balaban J connectivity index is 2.86. The Morgan fingerprint density at radius 1 is 1.25 bits per heavy atom. The number of pyridine rings is 1. The van der Waals surface area contributed by atoms with Gasteiger partial charge in [0.25, 0.3) is 0 Å². The van der Waals surface area contributed by atoms with E-state index in [2.05, 4.69) is 14.5 Å². The fourth-order valence-electron chi connectivity index (χ4n) is 0.984. The number of nitrogens with zero attached hydrogens (tertiary/aromatic N) is 1. The lowest BCUT2D eigenvalue weighted by Gasteiger charge is -1.98. The van der Waals surface area contributed by atoms with Crippen LogP contribution in [0.5, 0.6) is 0 Å². The number of carbonyl (C=O) groups is 2. The number of hydrogen-bond acceptors (Lipinski definition) is 5. The summed E-state index contributed by atoms with van der Waals surface area (Å²) in [5.74, 6) is -1.00. The molecule has 16 heavy (non-hydrogen) atoms. The third-order valence-corrected chi connectivity index (χ3v) is 1.76. The van der Waals surface area contributed by atoms with Crippen LogP contribution < -0.4 is 0 Å². The summed E-state index contributed by atoms with van der Waals surface area (Å²) in [6.07, 6.45) is 2.68. The van der Waals surface area contributed by atoms with Crippen molar-refractivity contribution < 1.29 is 19.1 Å². The highest BCUT2D eigenvalue weighted by Gasteiger charge is 2.06. The van der Waals surface area contributed by atoms with E-state index < -0.39 is 11.9 Å². The van der Waals surface area contributed by atoms with Crippen LogP contribution in [-0.2, 0) is 14.3 Å². The van der Waals surface area contributed by atoms with Crippen LogP contribution in [0.15, 0.2) is 24.3 Å². The zero-order chi connectivity index (χ0) is 12.0. The van der Waals surface area contributed by atoms with Crippen LogP contribution >= 0.6 is 0 Å². The molecule has 0 saturated carbocycles. The Kier molecular flexibility index (Phi) is 4.20. The number of ether oxygens (including phenoxy) is 2. The maximum atomic E-state index is 11.2. The average Bonchev–Trinajstić information content (AvgIpc) is 2.35. The monoisotopic (exact) mass is 221 g/mol. The largest absolute Gasteiger partial charge is 0.466 e. The van der Waals surface area contributed by atoms with Gasteiger partial charge in [-0.1, -0.05) is 6.07 Å². The van der Waals surface area contributed by atoms with Crippen LogP contribution in [0.4, 0.5) is 0 Å². The molecule has 5 heteroatoms. The first-order chi connectivity index (χ1) is 7.67. The van der Waals surface area contributed by atoms with Crippen molar-refractivity contribution in [3.8, 4) is 0 Å². The molecule has 0 atom stereocenters. The molecule has 0 amide bonds. The molecular formula is C11H11NO4. The van der Waals surface area contributed by atoms with Crippen molar-refractivity contribution in [1.82, 2.24) is 4.98 Å². The van der Waals surface area contributed by atoms with Gasteiger partial charge in [0.2, 0.25) is 0 Å². The molecular weight excluding hydrogens is 210 g/mol. The summed E-state index contributed by atoms with van der Waals surface area (Å²) in [6.45, 7) is 0. The molecule has 0 saturated heterocycles. The number of aromatic nitrogens is 1. The molecule has 0 aromatic carbocycles. The molecule has 0 radical (unpaired) electrons. The van der Waals surface area contributed by atoms with Gasteiger partial charge in [0, 0.05) is 6.08 Å². The Morgan fingerprint density at radius 2 is 2.00 bits per heavy atom. The fraction of sp³-hybridized carbons (Fsp3) is 0.182. The normalized spacial score (nSPS) is 10.1. The van der Waals surface area contributed by atoms with Crippen molar-refractivity contribution in [2.75, 3.05) is 14.2 Å². The van der Waals surface area contributed by atoms with Gasteiger partial charge in [-0.25, -0.2) is 14.6 Å². The van der Waals surface area contributed by atoms with Gasteiger partial charge >= 0.3 is 11.9 Å². The smallest absolute Gasteiger partial charge is 0.356 e. The van der Waals surface area contributed by atoms with E-state index in [1.165, 1.54) is 32.4 Å². The third-order valence-electron chi connectivity index (χ3n) is 1.76. The van der Waals surface area contributed by atoms with E-state index >= 15 is 0 Å². The zero-order valence-corrected chi connectivity index (χ0v) is 8.97.